The molecule has 0 aliphatic heterocycles. The van der Waals surface area contributed by atoms with Crippen LogP contribution in [0, 0.1) is 0 Å². The number of carboxylic acid groups (broad SMARTS) is 1. The van der Waals surface area contributed by atoms with Crippen molar-refractivity contribution in [2.24, 2.45) is 0 Å². The first kappa shape index (κ1) is 12.8. The average Bonchev–Trinajstić information content (AvgIpc) is 2.77. The van der Waals surface area contributed by atoms with Crippen molar-refractivity contribution in [3.8, 4) is 5.69 Å². The summed E-state index contributed by atoms with van der Waals surface area (Å²) in [5.41, 5.74) is 0.909. The number of aryl methyl sites for hydroxylation is 1. The third-order valence-electron chi connectivity index (χ3n) is 2.64. The molecular formula is C13H13BrN2O2. The fourth-order valence-corrected chi connectivity index (χ4v) is 2.20. The molecule has 4 nitrogen and oxygen atoms in total. The third kappa shape index (κ3) is 2.46. The highest BCUT2D eigenvalue weighted by molar-refractivity contribution is 9.10. The summed E-state index contributed by atoms with van der Waals surface area (Å²) in [6.45, 7) is 2.07. The predicted octanol–water partition coefficient (Wildman–Crippen LogP) is 3.29. The minimum atomic E-state index is -0.936. The fraction of sp³-hybridized carbons (Fsp3) is 0.231. The van der Waals surface area contributed by atoms with Gasteiger partial charge in [-0.15, -0.1) is 0 Å². The van der Waals surface area contributed by atoms with E-state index in [1.165, 1.54) is 0 Å². The summed E-state index contributed by atoms with van der Waals surface area (Å²) in [5, 5.41) is 9.23. The molecule has 0 amide bonds. The monoisotopic (exact) mass is 308 g/mol. The van der Waals surface area contributed by atoms with Crippen molar-refractivity contribution in [3.05, 3.63) is 46.5 Å². The molecule has 0 aliphatic carbocycles. The van der Waals surface area contributed by atoms with Gasteiger partial charge in [-0.1, -0.05) is 22.9 Å². The van der Waals surface area contributed by atoms with E-state index in [0.717, 1.165) is 23.1 Å². The van der Waals surface area contributed by atoms with Crippen LogP contribution in [0.5, 0.6) is 0 Å². The lowest BCUT2D eigenvalue weighted by Gasteiger charge is -2.11. The molecule has 1 aromatic carbocycles. The number of nitrogens with zero attached hydrogens (tertiary/aromatic N) is 2. The molecule has 18 heavy (non-hydrogen) atoms. The van der Waals surface area contributed by atoms with Gasteiger partial charge in [0.05, 0.1) is 11.3 Å². The number of carbonyl (C=O) groups is 1. The number of hydrogen-bond acceptors (Lipinski definition) is 2. The number of halogens is 1. The number of benzene rings is 1. The summed E-state index contributed by atoms with van der Waals surface area (Å²) >= 11 is 3.37. The quantitative estimate of drug-likeness (QED) is 0.943. The largest absolute Gasteiger partial charge is 0.478 e. The van der Waals surface area contributed by atoms with Crippen LogP contribution in [0.3, 0.4) is 0 Å². The number of aromatic nitrogens is 2. The molecule has 0 unspecified atom stereocenters. The first-order chi connectivity index (χ1) is 8.63. The van der Waals surface area contributed by atoms with Crippen molar-refractivity contribution in [1.82, 2.24) is 9.55 Å². The molecule has 0 fully saturated rings. The van der Waals surface area contributed by atoms with E-state index in [9.17, 15) is 9.90 Å². The Balaban J connectivity index is 2.58. The third-order valence-corrected chi connectivity index (χ3v) is 3.13. The van der Waals surface area contributed by atoms with Gasteiger partial charge >= 0.3 is 5.97 Å². The Bertz CT molecular complexity index is 578. The summed E-state index contributed by atoms with van der Waals surface area (Å²) in [6, 6.07) is 5.12. The van der Waals surface area contributed by atoms with Crippen LogP contribution in [-0.4, -0.2) is 20.6 Å². The molecule has 5 heteroatoms. The zero-order valence-electron chi connectivity index (χ0n) is 9.93. The Kier molecular flexibility index (Phi) is 3.81. The second-order valence-electron chi connectivity index (χ2n) is 3.93. The second kappa shape index (κ2) is 5.35. The second-order valence-corrected chi connectivity index (χ2v) is 4.85. The normalized spacial score (nSPS) is 10.6. The first-order valence-electron chi connectivity index (χ1n) is 5.69. The highest BCUT2D eigenvalue weighted by Gasteiger charge is 2.14. The van der Waals surface area contributed by atoms with E-state index in [-0.39, 0.29) is 5.56 Å². The summed E-state index contributed by atoms with van der Waals surface area (Å²) in [5.74, 6) is -0.0632. The zero-order chi connectivity index (χ0) is 13.1. The fourth-order valence-electron chi connectivity index (χ4n) is 1.85. The number of rotatable bonds is 4. The van der Waals surface area contributed by atoms with Crippen molar-refractivity contribution >= 4 is 21.9 Å². The van der Waals surface area contributed by atoms with E-state index in [4.69, 9.17) is 0 Å². The number of carboxylic acids is 1. The Labute approximate surface area is 113 Å². The highest BCUT2D eigenvalue weighted by Crippen LogP contribution is 2.22. The standard InChI is InChI=1S/C13H13BrN2O2/c1-2-3-12-15-6-7-16(12)11-8-9(14)4-5-10(11)13(17)18/h4-8H,2-3H2,1H3,(H,17,18). The molecular weight excluding hydrogens is 296 g/mol. The van der Waals surface area contributed by atoms with Gasteiger partial charge in [0.1, 0.15) is 5.82 Å². The molecule has 2 aromatic rings. The number of hydrogen-bond donors (Lipinski definition) is 1. The molecule has 94 valence electrons. The molecule has 0 atom stereocenters. The lowest BCUT2D eigenvalue weighted by atomic mass is 10.1. The minimum Gasteiger partial charge on any atom is -0.478 e. The van der Waals surface area contributed by atoms with Gasteiger partial charge < -0.3 is 9.67 Å². The summed E-state index contributed by atoms with van der Waals surface area (Å²) in [6.07, 6.45) is 5.27. The first-order valence-corrected chi connectivity index (χ1v) is 6.48. The van der Waals surface area contributed by atoms with Crippen LogP contribution in [0.1, 0.15) is 29.5 Å². The molecule has 0 radical (unpaired) electrons. The van der Waals surface area contributed by atoms with Gasteiger partial charge in [-0.2, -0.15) is 0 Å². The van der Waals surface area contributed by atoms with Crippen LogP contribution < -0.4 is 0 Å². The van der Waals surface area contributed by atoms with Gasteiger partial charge in [-0.05, 0) is 24.6 Å². The van der Waals surface area contributed by atoms with Gasteiger partial charge in [0.25, 0.3) is 0 Å². The van der Waals surface area contributed by atoms with E-state index in [1.54, 1.807) is 30.6 Å². The zero-order valence-corrected chi connectivity index (χ0v) is 11.5. The predicted molar refractivity (Wildman–Crippen MR) is 72.2 cm³/mol. The van der Waals surface area contributed by atoms with Crippen molar-refractivity contribution < 1.29 is 9.90 Å². The molecule has 0 saturated carbocycles. The molecule has 0 bridgehead atoms. The van der Waals surface area contributed by atoms with E-state index < -0.39 is 5.97 Å². The molecule has 0 aliphatic rings. The summed E-state index contributed by atoms with van der Waals surface area (Å²) in [4.78, 5) is 15.5. The van der Waals surface area contributed by atoms with Crippen LogP contribution in [-0.2, 0) is 6.42 Å². The van der Waals surface area contributed by atoms with Crippen LogP contribution in [0.2, 0.25) is 0 Å². The Morgan fingerprint density at radius 2 is 2.28 bits per heavy atom. The van der Waals surface area contributed by atoms with Crippen LogP contribution in [0.15, 0.2) is 35.1 Å². The highest BCUT2D eigenvalue weighted by atomic mass is 79.9. The molecule has 1 aromatic heterocycles. The van der Waals surface area contributed by atoms with E-state index in [2.05, 4.69) is 27.8 Å². The maximum absolute atomic E-state index is 11.2. The van der Waals surface area contributed by atoms with Crippen LogP contribution in [0.25, 0.3) is 5.69 Å². The smallest absolute Gasteiger partial charge is 0.337 e. The maximum Gasteiger partial charge on any atom is 0.337 e. The lowest BCUT2D eigenvalue weighted by molar-refractivity contribution is 0.0697. The molecule has 1 heterocycles. The number of aromatic carboxylic acids is 1. The van der Waals surface area contributed by atoms with E-state index in [1.807, 2.05) is 4.57 Å². The summed E-state index contributed by atoms with van der Waals surface area (Å²) < 4.78 is 2.68. The van der Waals surface area contributed by atoms with Gasteiger partial charge in [0.2, 0.25) is 0 Å². The molecule has 0 saturated heterocycles. The van der Waals surface area contributed by atoms with Crippen LogP contribution >= 0.6 is 15.9 Å². The van der Waals surface area contributed by atoms with Crippen molar-refractivity contribution in [2.75, 3.05) is 0 Å². The molecule has 2 rings (SSSR count). The van der Waals surface area contributed by atoms with E-state index >= 15 is 0 Å². The summed E-state index contributed by atoms with van der Waals surface area (Å²) in [7, 11) is 0. The number of imidazole rings is 1. The van der Waals surface area contributed by atoms with Gasteiger partial charge in [-0.3, -0.25) is 0 Å². The van der Waals surface area contributed by atoms with Gasteiger partial charge in [0.15, 0.2) is 0 Å². The Morgan fingerprint density at radius 3 is 2.94 bits per heavy atom. The lowest BCUT2D eigenvalue weighted by Crippen LogP contribution is -2.07. The van der Waals surface area contributed by atoms with Gasteiger partial charge in [-0.25, -0.2) is 9.78 Å². The molecule has 0 spiro atoms. The maximum atomic E-state index is 11.2. The van der Waals surface area contributed by atoms with Crippen molar-refractivity contribution in [2.45, 2.75) is 19.8 Å². The minimum absolute atomic E-state index is 0.272. The van der Waals surface area contributed by atoms with Crippen LogP contribution in [0.4, 0.5) is 0 Å². The average molecular weight is 309 g/mol. The topological polar surface area (TPSA) is 55.1 Å². The van der Waals surface area contributed by atoms with E-state index in [0.29, 0.717) is 5.69 Å². The van der Waals surface area contributed by atoms with Gasteiger partial charge in [0, 0.05) is 23.3 Å². The Morgan fingerprint density at radius 1 is 1.50 bits per heavy atom. The SMILES string of the molecule is CCCc1nccn1-c1cc(Br)ccc1C(=O)O. The molecule has 1 N–H and O–H groups in total. The Hall–Kier alpha value is -1.62. The van der Waals surface area contributed by atoms with Crippen molar-refractivity contribution in [3.63, 3.8) is 0 Å². The van der Waals surface area contributed by atoms with Crippen molar-refractivity contribution in [1.29, 1.82) is 0 Å².